The molecule has 106 valence electrons. The minimum atomic E-state index is 0.514. The van der Waals surface area contributed by atoms with E-state index in [0.717, 1.165) is 11.3 Å². The monoisotopic (exact) mass is 270 g/mol. The molecule has 0 radical (unpaired) electrons. The van der Waals surface area contributed by atoms with Crippen molar-refractivity contribution in [3.05, 3.63) is 36.9 Å². The van der Waals surface area contributed by atoms with E-state index in [9.17, 15) is 0 Å². The van der Waals surface area contributed by atoms with Crippen LogP contribution in [0.5, 0.6) is 0 Å². The van der Waals surface area contributed by atoms with E-state index in [0.29, 0.717) is 11.5 Å². The van der Waals surface area contributed by atoms with Crippen molar-refractivity contribution in [3.8, 4) is 11.3 Å². The molecule has 20 heavy (non-hydrogen) atoms. The van der Waals surface area contributed by atoms with Gasteiger partial charge in [0.25, 0.3) is 0 Å². The fraction of sp³-hybridized carbons (Fsp3) is 0.471. The molecule has 0 atom stereocenters. The first kappa shape index (κ1) is 13.2. The highest BCUT2D eigenvalue weighted by Crippen LogP contribution is 2.36. The number of aromatic nitrogens is 1. The van der Waals surface area contributed by atoms with E-state index in [1.165, 1.54) is 37.8 Å². The first-order valence-electron chi connectivity index (χ1n) is 7.38. The third-order valence-corrected chi connectivity index (χ3v) is 4.29. The second-order valence-corrected chi connectivity index (χ2v) is 6.53. The van der Waals surface area contributed by atoms with E-state index >= 15 is 0 Å². The van der Waals surface area contributed by atoms with Gasteiger partial charge in [-0.05, 0) is 43.2 Å². The van der Waals surface area contributed by atoms with Gasteiger partial charge >= 0.3 is 0 Å². The molecule has 2 aromatic rings. The summed E-state index contributed by atoms with van der Waals surface area (Å²) >= 11 is 0. The lowest BCUT2D eigenvalue weighted by atomic mass is 9.75. The Labute approximate surface area is 120 Å². The molecule has 0 unspecified atom stereocenters. The average Bonchev–Trinajstić information content (AvgIpc) is 2.96. The summed E-state index contributed by atoms with van der Waals surface area (Å²) in [7, 11) is 0. The summed E-state index contributed by atoms with van der Waals surface area (Å²) in [6.07, 6.45) is 8.32. The highest BCUT2D eigenvalue weighted by molar-refractivity contribution is 5.63. The number of oxazole rings is 1. The minimum absolute atomic E-state index is 0.514. The van der Waals surface area contributed by atoms with Crippen LogP contribution in [0.1, 0.15) is 39.5 Å². The maximum atomic E-state index is 5.35. The highest BCUT2D eigenvalue weighted by atomic mass is 16.3. The molecule has 1 heterocycles. The highest BCUT2D eigenvalue weighted by Gasteiger charge is 2.26. The molecule has 0 amide bonds. The third kappa shape index (κ3) is 3.03. The minimum Gasteiger partial charge on any atom is -0.444 e. The molecule has 3 rings (SSSR count). The van der Waals surface area contributed by atoms with Crippen LogP contribution in [0.15, 0.2) is 41.3 Å². The lowest BCUT2D eigenvalue weighted by Gasteiger charge is -2.35. The SMILES string of the molecule is CC1(C)CCC(Nc2cccc(-c3cnco3)c2)CC1. The summed E-state index contributed by atoms with van der Waals surface area (Å²) < 4.78 is 5.35. The van der Waals surface area contributed by atoms with Crippen LogP contribution >= 0.6 is 0 Å². The van der Waals surface area contributed by atoms with Gasteiger partial charge < -0.3 is 9.73 Å². The maximum Gasteiger partial charge on any atom is 0.181 e. The third-order valence-electron chi connectivity index (χ3n) is 4.29. The van der Waals surface area contributed by atoms with E-state index in [4.69, 9.17) is 4.42 Å². The number of hydrogen-bond acceptors (Lipinski definition) is 3. The van der Waals surface area contributed by atoms with Crippen molar-refractivity contribution in [1.29, 1.82) is 0 Å². The summed E-state index contributed by atoms with van der Waals surface area (Å²) in [5.41, 5.74) is 2.76. The van der Waals surface area contributed by atoms with Crippen LogP contribution in [0.3, 0.4) is 0 Å². The number of nitrogens with one attached hydrogen (secondary N) is 1. The molecule has 1 saturated carbocycles. The largest absolute Gasteiger partial charge is 0.444 e. The summed E-state index contributed by atoms with van der Waals surface area (Å²) in [5.74, 6) is 0.818. The Morgan fingerprint density at radius 1 is 1.25 bits per heavy atom. The molecule has 3 nitrogen and oxygen atoms in total. The second-order valence-electron chi connectivity index (χ2n) is 6.53. The van der Waals surface area contributed by atoms with Crippen molar-refractivity contribution < 1.29 is 4.42 Å². The van der Waals surface area contributed by atoms with Gasteiger partial charge in [-0.2, -0.15) is 0 Å². The quantitative estimate of drug-likeness (QED) is 0.876. The summed E-state index contributed by atoms with van der Waals surface area (Å²) in [6.45, 7) is 4.74. The average molecular weight is 270 g/mol. The fourth-order valence-corrected chi connectivity index (χ4v) is 2.90. The Hall–Kier alpha value is -1.77. The van der Waals surface area contributed by atoms with E-state index in [1.54, 1.807) is 6.20 Å². The number of anilines is 1. The molecule has 0 aliphatic heterocycles. The Kier molecular flexibility index (Phi) is 3.51. The summed E-state index contributed by atoms with van der Waals surface area (Å²) in [6, 6.07) is 8.97. The lowest BCUT2D eigenvalue weighted by molar-refractivity contribution is 0.232. The van der Waals surface area contributed by atoms with Gasteiger partial charge in [0.15, 0.2) is 12.2 Å². The van der Waals surface area contributed by atoms with Gasteiger partial charge in [0.1, 0.15) is 0 Å². The van der Waals surface area contributed by atoms with Crippen molar-refractivity contribution in [2.24, 2.45) is 5.41 Å². The number of rotatable bonds is 3. The molecule has 1 aliphatic rings. The molecule has 0 saturated heterocycles. The van der Waals surface area contributed by atoms with Gasteiger partial charge in [-0.3, -0.25) is 0 Å². The van der Waals surface area contributed by atoms with Gasteiger partial charge in [0.05, 0.1) is 6.20 Å². The maximum absolute atomic E-state index is 5.35. The van der Waals surface area contributed by atoms with Crippen molar-refractivity contribution in [1.82, 2.24) is 4.98 Å². The number of nitrogens with zero attached hydrogens (tertiary/aromatic N) is 1. The molecule has 1 aromatic heterocycles. The molecule has 3 heteroatoms. The Morgan fingerprint density at radius 3 is 2.75 bits per heavy atom. The molecule has 1 aliphatic carbocycles. The Morgan fingerprint density at radius 2 is 2.05 bits per heavy atom. The number of benzene rings is 1. The second kappa shape index (κ2) is 5.31. The molecule has 0 bridgehead atoms. The van der Waals surface area contributed by atoms with Crippen LogP contribution < -0.4 is 5.32 Å². The zero-order chi connectivity index (χ0) is 14.0. The van der Waals surface area contributed by atoms with Crippen molar-refractivity contribution in [2.45, 2.75) is 45.6 Å². The van der Waals surface area contributed by atoms with Crippen LogP contribution in [0.2, 0.25) is 0 Å². The Bertz CT molecular complexity index is 550. The standard InChI is InChI=1S/C17H22N2O/c1-17(2)8-6-14(7-9-17)19-15-5-3-4-13(10-15)16-11-18-12-20-16/h3-5,10-12,14,19H,6-9H2,1-2H3. The van der Waals surface area contributed by atoms with Gasteiger partial charge in [0, 0.05) is 17.3 Å². The zero-order valence-electron chi connectivity index (χ0n) is 12.2. The van der Waals surface area contributed by atoms with Crippen LogP contribution in [-0.2, 0) is 0 Å². The topological polar surface area (TPSA) is 38.1 Å². The van der Waals surface area contributed by atoms with Crippen molar-refractivity contribution in [2.75, 3.05) is 5.32 Å². The molecular weight excluding hydrogens is 248 g/mol. The molecule has 1 N–H and O–H groups in total. The van der Waals surface area contributed by atoms with Crippen LogP contribution in [0.25, 0.3) is 11.3 Å². The van der Waals surface area contributed by atoms with Gasteiger partial charge in [-0.25, -0.2) is 4.98 Å². The Balaban J connectivity index is 1.68. The molecule has 0 spiro atoms. The van der Waals surface area contributed by atoms with Crippen LogP contribution in [-0.4, -0.2) is 11.0 Å². The predicted octanol–water partition coefficient (Wildman–Crippen LogP) is 4.72. The predicted molar refractivity (Wildman–Crippen MR) is 81.6 cm³/mol. The zero-order valence-corrected chi connectivity index (χ0v) is 12.2. The van der Waals surface area contributed by atoms with Crippen molar-refractivity contribution >= 4 is 5.69 Å². The summed E-state index contributed by atoms with van der Waals surface area (Å²) in [4.78, 5) is 3.97. The van der Waals surface area contributed by atoms with E-state index in [-0.39, 0.29) is 0 Å². The van der Waals surface area contributed by atoms with Crippen LogP contribution in [0, 0.1) is 5.41 Å². The summed E-state index contributed by atoms with van der Waals surface area (Å²) in [5, 5.41) is 3.66. The van der Waals surface area contributed by atoms with E-state index in [2.05, 4.69) is 48.4 Å². The normalized spacial score (nSPS) is 18.9. The first-order chi connectivity index (χ1) is 9.62. The lowest BCUT2D eigenvalue weighted by Crippen LogP contribution is -2.29. The van der Waals surface area contributed by atoms with Gasteiger partial charge in [0.2, 0.25) is 0 Å². The van der Waals surface area contributed by atoms with Crippen molar-refractivity contribution in [3.63, 3.8) is 0 Å². The molecule has 1 fully saturated rings. The van der Waals surface area contributed by atoms with E-state index < -0.39 is 0 Å². The number of hydrogen-bond donors (Lipinski definition) is 1. The van der Waals surface area contributed by atoms with Gasteiger partial charge in [-0.15, -0.1) is 0 Å². The van der Waals surface area contributed by atoms with E-state index in [1.807, 2.05) is 0 Å². The first-order valence-corrected chi connectivity index (χ1v) is 7.38. The smallest absolute Gasteiger partial charge is 0.181 e. The van der Waals surface area contributed by atoms with Crippen LogP contribution in [0.4, 0.5) is 5.69 Å². The molecular formula is C17H22N2O. The molecule has 1 aromatic carbocycles. The fourth-order valence-electron chi connectivity index (χ4n) is 2.90. The van der Waals surface area contributed by atoms with Gasteiger partial charge in [-0.1, -0.05) is 26.0 Å².